The van der Waals surface area contributed by atoms with Crippen LogP contribution in [0, 0.1) is 5.92 Å². The van der Waals surface area contributed by atoms with E-state index < -0.39 is 0 Å². The van der Waals surface area contributed by atoms with Crippen LogP contribution < -0.4 is 10.1 Å². The lowest BCUT2D eigenvalue weighted by Gasteiger charge is -2.38. The first kappa shape index (κ1) is 15.8. The molecule has 4 nitrogen and oxygen atoms in total. The van der Waals surface area contributed by atoms with Gasteiger partial charge in [0, 0.05) is 19.1 Å². The Hall–Kier alpha value is -1.55. The molecule has 2 rings (SSSR count). The molecule has 1 aromatic carbocycles. The number of likely N-dealkylation sites (tertiary alicyclic amines) is 1. The first-order chi connectivity index (χ1) is 10.2. The number of benzene rings is 1. The van der Waals surface area contributed by atoms with Crippen molar-refractivity contribution < 1.29 is 9.53 Å². The van der Waals surface area contributed by atoms with Gasteiger partial charge in [0.1, 0.15) is 5.75 Å². The van der Waals surface area contributed by atoms with Crippen molar-refractivity contribution in [3.8, 4) is 5.75 Å². The maximum absolute atomic E-state index is 12.5. The van der Waals surface area contributed by atoms with E-state index in [4.69, 9.17) is 4.74 Å². The Kier molecular flexibility index (Phi) is 5.62. The minimum Gasteiger partial charge on any atom is -0.497 e. The molecule has 1 amide bonds. The minimum atomic E-state index is 0.230. The van der Waals surface area contributed by atoms with Gasteiger partial charge in [0.2, 0.25) is 5.91 Å². The van der Waals surface area contributed by atoms with Gasteiger partial charge >= 0.3 is 0 Å². The van der Waals surface area contributed by atoms with Gasteiger partial charge in [-0.1, -0.05) is 25.5 Å². The number of amides is 1. The Labute approximate surface area is 127 Å². The zero-order valence-electron chi connectivity index (χ0n) is 13.3. The van der Waals surface area contributed by atoms with E-state index in [2.05, 4.69) is 12.2 Å². The standard InChI is InChI=1S/C17H26N2O2/c1-4-14-12-19(10-9-16(14)18-2)17(20)11-13-5-7-15(21-3)8-6-13/h5-8,14,16,18H,4,9-12H2,1-3H3. The van der Waals surface area contributed by atoms with Crippen LogP contribution in [-0.4, -0.2) is 44.1 Å². The summed E-state index contributed by atoms with van der Waals surface area (Å²) in [4.78, 5) is 14.5. The number of hydrogen-bond donors (Lipinski definition) is 1. The number of methoxy groups -OCH3 is 1. The quantitative estimate of drug-likeness (QED) is 0.903. The predicted octanol–water partition coefficient (Wildman–Crippen LogP) is 2.08. The fourth-order valence-corrected chi connectivity index (χ4v) is 3.08. The third kappa shape index (κ3) is 3.97. The molecule has 21 heavy (non-hydrogen) atoms. The van der Waals surface area contributed by atoms with Crippen LogP contribution in [0.1, 0.15) is 25.3 Å². The zero-order valence-corrected chi connectivity index (χ0v) is 13.3. The van der Waals surface area contributed by atoms with Crippen LogP contribution in [0.2, 0.25) is 0 Å². The normalized spacial score (nSPS) is 22.1. The van der Waals surface area contributed by atoms with E-state index in [9.17, 15) is 4.79 Å². The summed E-state index contributed by atoms with van der Waals surface area (Å²) < 4.78 is 5.14. The summed E-state index contributed by atoms with van der Waals surface area (Å²) in [6, 6.07) is 8.29. The highest BCUT2D eigenvalue weighted by atomic mass is 16.5. The smallest absolute Gasteiger partial charge is 0.227 e. The van der Waals surface area contributed by atoms with Gasteiger partial charge in [-0.15, -0.1) is 0 Å². The van der Waals surface area contributed by atoms with Crippen LogP contribution in [-0.2, 0) is 11.2 Å². The van der Waals surface area contributed by atoms with Crippen molar-refractivity contribution in [3.05, 3.63) is 29.8 Å². The summed E-state index contributed by atoms with van der Waals surface area (Å²) in [5, 5.41) is 3.37. The van der Waals surface area contributed by atoms with Gasteiger partial charge < -0.3 is 15.0 Å². The van der Waals surface area contributed by atoms with E-state index in [0.29, 0.717) is 18.4 Å². The second kappa shape index (κ2) is 7.46. The Morgan fingerprint density at radius 3 is 2.67 bits per heavy atom. The second-order valence-corrected chi connectivity index (χ2v) is 5.72. The summed E-state index contributed by atoms with van der Waals surface area (Å²) >= 11 is 0. The average Bonchev–Trinajstić information content (AvgIpc) is 2.54. The number of rotatable bonds is 5. The number of carbonyl (C=O) groups is 1. The lowest BCUT2D eigenvalue weighted by molar-refractivity contribution is -0.132. The molecule has 1 aliphatic rings. The lowest BCUT2D eigenvalue weighted by atomic mass is 9.90. The highest BCUT2D eigenvalue weighted by molar-refractivity contribution is 5.79. The molecule has 0 aliphatic carbocycles. The molecule has 2 atom stereocenters. The van der Waals surface area contributed by atoms with Gasteiger partial charge in [0.15, 0.2) is 0 Å². The van der Waals surface area contributed by atoms with E-state index in [0.717, 1.165) is 37.2 Å². The van der Waals surface area contributed by atoms with E-state index in [-0.39, 0.29) is 5.91 Å². The van der Waals surface area contributed by atoms with Crippen LogP contribution >= 0.6 is 0 Å². The fraction of sp³-hybridized carbons (Fsp3) is 0.588. The van der Waals surface area contributed by atoms with Gasteiger partial charge in [0.05, 0.1) is 13.5 Å². The first-order valence-electron chi connectivity index (χ1n) is 7.75. The molecular weight excluding hydrogens is 264 g/mol. The van der Waals surface area contributed by atoms with Crippen molar-refractivity contribution in [2.45, 2.75) is 32.2 Å². The van der Waals surface area contributed by atoms with E-state index in [1.165, 1.54) is 0 Å². The zero-order chi connectivity index (χ0) is 15.2. The van der Waals surface area contributed by atoms with Gasteiger partial charge in [-0.3, -0.25) is 4.79 Å². The Balaban J connectivity index is 1.93. The maximum Gasteiger partial charge on any atom is 0.227 e. The number of nitrogens with one attached hydrogen (secondary N) is 1. The summed E-state index contributed by atoms with van der Waals surface area (Å²) in [6.07, 6.45) is 2.63. The third-order valence-corrected chi connectivity index (χ3v) is 4.50. The molecule has 1 saturated heterocycles. The molecule has 0 radical (unpaired) electrons. The van der Waals surface area contributed by atoms with Gasteiger partial charge in [-0.05, 0) is 37.1 Å². The number of nitrogens with zero attached hydrogens (tertiary/aromatic N) is 1. The summed E-state index contributed by atoms with van der Waals surface area (Å²) in [7, 11) is 3.67. The Morgan fingerprint density at radius 2 is 2.10 bits per heavy atom. The van der Waals surface area contributed by atoms with Crippen molar-refractivity contribution in [3.63, 3.8) is 0 Å². The average molecular weight is 290 g/mol. The predicted molar refractivity (Wildman–Crippen MR) is 84.5 cm³/mol. The highest BCUT2D eigenvalue weighted by Gasteiger charge is 2.29. The maximum atomic E-state index is 12.5. The van der Waals surface area contributed by atoms with Crippen molar-refractivity contribution in [1.29, 1.82) is 0 Å². The molecule has 0 saturated carbocycles. The summed E-state index contributed by atoms with van der Waals surface area (Å²) in [6.45, 7) is 3.93. The Morgan fingerprint density at radius 1 is 1.38 bits per heavy atom. The van der Waals surface area contributed by atoms with Crippen molar-refractivity contribution in [2.75, 3.05) is 27.2 Å². The van der Waals surface area contributed by atoms with E-state index in [1.807, 2.05) is 36.2 Å². The van der Waals surface area contributed by atoms with Gasteiger partial charge in [0.25, 0.3) is 0 Å². The van der Waals surface area contributed by atoms with Crippen LogP contribution in [0.5, 0.6) is 5.75 Å². The molecule has 0 spiro atoms. The molecular formula is C17H26N2O2. The first-order valence-corrected chi connectivity index (χ1v) is 7.75. The molecule has 2 unspecified atom stereocenters. The molecule has 1 fully saturated rings. The van der Waals surface area contributed by atoms with Crippen molar-refractivity contribution in [2.24, 2.45) is 5.92 Å². The van der Waals surface area contributed by atoms with Crippen molar-refractivity contribution >= 4 is 5.91 Å². The number of hydrogen-bond acceptors (Lipinski definition) is 3. The summed E-state index contributed by atoms with van der Waals surface area (Å²) in [5.41, 5.74) is 1.05. The van der Waals surface area contributed by atoms with Crippen LogP contribution in [0.15, 0.2) is 24.3 Å². The monoisotopic (exact) mass is 290 g/mol. The lowest BCUT2D eigenvalue weighted by Crippen LogP contribution is -2.50. The van der Waals surface area contributed by atoms with Crippen LogP contribution in [0.3, 0.4) is 0 Å². The van der Waals surface area contributed by atoms with Crippen LogP contribution in [0.25, 0.3) is 0 Å². The van der Waals surface area contributed by atoms with Crippen LogP contribution in [0.4, 0.5) is 0 Å². The largest absolute Gasteiger partial charge is 0.497 e. The van der Waals surface area contributed by atoms with Gasteiger partial charge in [-0.2, -0.15) is 0 Å². The fourth-order valence-electron chi connectivity index (χ4n) is 3.08. The minimum absolute atomic E-state index is 0.230. The topological polar surface area (TPSA) is 41.6 Å². The molecule has 1 aliphatic heterocycles. The number of ether oxygens (including phenoxy) is 1. The summed E-state index contributed by atoms with van der Waals surface area (Å²) in [5.74, 6) is 1.61. The molecule has 0 bridgehead atoms. The molecule has 1 heterocycles. The Bertz CT molecular complexity index is 458. The molecule has 4 heteroatoms. The second-order valence-electron chi connectivity index (χ2n) is 5.72. The highest BCUT2D eigenvalue weighted by Crippen LogP contribution is 2.21. The molecule has 116 valence electrons. The van der Waals surface area contributed by atoms with Crippen molar-refractivity contribution in [1.82, 2.24) is 10.2 Å². The SMILES string of the molecule is CCC1CN(C(=O)Cc2ccc(OC)cc2)CCC1NC. The molecule has 1 N–H and O–H groups in total. The molecule has 0 aromatic heterocycles. The van der Waals surface area contributed by atoms with E-state index in [1.54, 1.807) is 7.11 Å². The van der Waals surface area contributed by atoms with E-state index >= 15 is 0 Å². The number of piperidine rings is 1. The van der Waals surface area contributed by atoms with Gasteiger partial charge in [-0.25, -0.2) is 0 Å². The third-order valence-electron chi connectivity index (χ3n) is 4.50. The molecule has 1 aromatic rings. The number of carbonyl (C=O) groups excluding carboxylic acids is 1.